The van der Waals surface area contributed by atoms with Gasteiger partial charge in [-0.1, -0.05) is 12.1 Å². The second-order valence-electron chi connectivity index (χ2n) is 4.23. The van der Waals surface area contributed by atoms with Gasteiger partial charge in [0, 0.05) is 25.6 Å². The molecule has 86 valence electrons. The fraction of sp³-hybridized carbons (Fsp3) is 0.417. The summed E-state index contributed by atoms with van der Waals surface area (Å²) < 4.78 is 0. The number of aliphatic hydroxyl groups excluding tert-OH is 1. The molecule has 4 heteroatoms. The number of nitrogens with zero attached hydrogens (tertiary/aromatic N) is 1. The Bertz CT molecular complexity index is 411. The number of amides is 1. The lowest BCUT2D eigenvalue weighted by atomic mass is 9.99. The maximum Gasteiger partial charge on any atom is 0.257 e. The van der Waals surface area contributed by atoms with Gasteiger partial charge in [-0.2, -0.15) is 0 Å². The van der Waals surface area contributed by atoms with Gasteiger partial charge in [0.25, 0.3) is 5.91 Å². The smallest absolute Gasteiger partial charge is 0.257 e. The minimum absolute atomic E-state index is 0.0555. The zero-order valence-electron chi connectivity index (χ0n) is 9.18. The van der Waals surface area contributed by atoms with Gasteiger partial charge in [-0.15, -0.1) is 0 Å². The minimum atomic E-state index is -0.161. The van der Waals surface area contributed by atoms with E-state index in [1.807, 2.05) is 0 Å². The molecule has 1 heterocycles. The molecule has 1 aromatic rings. The fourth-order valence-corrected chi connectivity index (χ4v) is 1.85. The molecule has 1 aliphatic rings. The van der Waals surface area contributed by atoms with Crippen molar-refractivity contribution in [3.8, 4) is 5.75 Å². The largest absolute Gasteiger partial charge is 0.507 e. The number of likely N-dealkylation sites (tertiary alicyclic amines) is 1. The standard InChI is InChI=1S/C12H15NO3/c1-8-3-2-4-10(11(8)15)12(16)13-5-9(6-13)7-14/h2-4,9,14-15H,5-7H2,1H3. The molecule has 4 nitrogen and oxygen atoms in total. The number of rotatable bonds is 2. The summed E-state index contributed by atoms with van der Waals surface area (Å²) in [5.41, 5.74) is 1.04. The SMILES string of the molecule is Cc1cccc(C(=O)N2CC(CO)C2)c1O. The predicted octanol–water partition coefficient (Wildman–Crippen LogP) is 0.765. The van der Waals surface area contributed by atoms with Gasteiger partial charge in [-0.3, -0.25) is 4.79 Å². The van der Waals surface area contributed by atoms with E-state index in [0.29, 0.717) is 24.2 Å². The molecule has 2 N–H and O–H groups in total. The van der Waals surface area contributed by atoms with Gasteiger partial charge >= 0.3 is 0 Å². The Morgan fingerprint density at radius 3 is 2.81 bits per heavy atom. The second kappa shape index (κ2) is 4.14. The molecule has 1 fully saturated rings. The summed E-state index contributed by atoms with van der Waals surface area (Å²) >= 11 is 0. The molecular formula is C12H15NO3. The average molecular weight is 221 g/mol. The van der Waals surface area contributed by atoms with Gasteiger partial charge in [0.2, 0.25) is 0 Å². The van der Waals surface area contributed by atoms with Crippen LogP contribution in [0.3, 0.4) is 0 Å². The Hall–Kier alpha value is -1.55. The van der Waals surface area contributed by atoms with Crippen LogP contribution in [0.15, 0.2) is 18.2 Å². The highest BCUT2D eigenvalue weighted by Crippen LogP contribution is 2.25. The number of hydrogen-bond acceptors (Lipinski definition) is 3. The van der Waals surface area contributed by atoms with Crippen LogP contribution in [-0.2, 0) is 0 Å². The molecule has 0 spiro atoms. The van der Waals surface area contributed by atoms with Gasteiger partial charge in [0.05, 0.1) is 5.56 Å². The number of aliphatic hydroxyl groups is 1. The first-order chi connectivity index (χ1) is 7.63. The van der Waals surface area contributed by atoms with E-state index in [0.717, 1.165) is 0 Å². The topological polar surface area (TPSA) is 60.8 Å². The van der Waals surface area contributed by atoms with E-state index >= 15 is 0 Å². The number of carbonyl (C=O) groups excluding carboxylic acids is 1. The number of hydrogen-bond donors (Lipinski definition) is 2. The van der Waals surface area contributed by atoms with E-state index < -0.39 is 0 Å². The van der Waals surface area contributed by atoms with Crippen molar-refractivity contribution < 1.29 is 15.0 Å². The first kappa shape index (κ1) is 11.0. The van der Waals surface area contributed by atoms with Crippen LogP contribution in [0, 0.1) is 12.8 Å². The number of benzene rings is 1. The van der Waals surface area contributed by atoms with Crippen molar-refractivity contribution in [2.75, 3.05) is 19.7 Å². The number of aromatic hydroxyl groups is 1. The van der Waals surface area contributed by atoms with Crippen LogP contribution in [0.25, 0.3) is 0 Å². The Labute approximate surface area is 94.1 Å². The summed E-state index contributed by atoms with van der Waals surface area (Å²) in [5.74, 6) is 0.0850. The first-order valence-corrected chi connectivity index (χ1v) is 5.32. The van der Waals surface area contributed by atoms with Crippen LogP contribution >= 0.6 is 0 Å². The summed E-state index contributed by atoms with van der Waals surface area (Å²) in [6, 6.07) is 5.14. The molecule has 0 aliphatic carbocycles. The third kappa shape index (κ3) is 1.76. The van der Waals surface area contributed by atoms with E-state index in [1.165, 1.54) is 0 Å². The number of para-hydroxylation sites is 1. The van der Waals surface area contributed by atoms with Crippen molar-refractivity contribution in [2.45, 2.75) is 6.92 Å². The highest BCUT2D eigenvalue weighted by Gasteiger charge is 2.31. The number of phenols is 1. The van der Waals surface area contributed by atoms with E-state index in [1.54, 1.807) is 30.0 Å². The Balaban J connectivity index is 2.13. The number of carbonyl (C=O) groups is 1. The molecule has 1 amide bonds. The maximum absolute atomic E-state index is 11.9. The van der Waals surface area contributed by atoms with Crippen LogP contribution < -0.4 is 0 Å². The van der Waals surface area contributed by atoms with E-state index in [2.05, 4.69) is 0 Å². The lowest BCUT2D eigenvalue weighted by molar-refractivity contribution is 0.0359. The van der Waals surface area contributed by atoms with Crippen LogP contribution in [-0.4, -0.2) is 40.7 Å². The molecule has 2 rings (SSSR count). The zero-order valence-corrected chi connectivity index (χ0v) is 9.18. The summed E-state index contributed by atoms with van der Waals surface area (Å²) in [6.45, 7) is 3.02. The molecule has 1 saturated heterocycles. The third-order valence-electron chi connectivity index (χ3n) is 2.97. The van der Waals surface area contributed by atoms with E-state index in [-0.39, 0.29) is 24.2 Å². The highest BCUT2D eigenvalue weighted by molar-refractivity contribution is 5.97. The predicted molar refractivity (Wildman–Crippen MR) is 59.3 cm³/mol. The van der Waals surface area contributed by atoms with Crippen LogP contribution in [0.2, 0.25) is 0 Å². The van der Waals surface area contributed by atoms with Crippen molar-refractivity contribution >= 4 is 5.91 Å². The minimum Gasteiger partial charge on any atom is -0.507 e. The molecule has 1 aliphatic heterocycles. The van der Waals surface area contributed by atoms with Crippen molar-refractivity contribution in [1.82, 2.24) is 4.90 Å². The van der Waals surface area contributed by atoms with Crippen molar-refractivity contribution in [3.05, 3.63) is 29.3 Å². The molecule has 0 saturated carbocycles. The van der Waals surface area contributed by atoms with Crippen LogP contribution in [0.5, 0.6) is 5.75 Å². The lowest BCUT2D eigenvalue weighted by Crippen LogP contribution is -2.51. The van der Waals surface area contributed by atoms with Crippen LogP contribution in [0.1, 0.15) is 15.9 Å². The Morgan fingerprint density at radius 1 is 1.50 bits per heavy atom. The zero-order chi connectivity index (χ0) is 11.7. The van der Waals surface area contributed by atoms with E-state index in [9.17, 15) is 9.90 Å². The molecule has 0 aromatic heterocycles. The molecule has 0 unspecified atom stereocenters. The molecular weight excluding hydrogens is 206 g/mol. The first-order valence-electron chi connectivity index (χ1n) is 5.32. The summed E-state index contributed by atoms with van der Waals surface area (Å²) in [4.78, 5) is 13.6. The molecule has 0 radical (unpaired) electrons. The molecule has 16 heavy (non-hydrogen) atoms. The highest BCUT2D eigenvalue weighted by atomic mass is 16.3. The normalized spacial score (nSPS) is 16.0. The summed E-state index contributed by atoms with van der Waals surface area (Å²) in [6.07, 6.45) is 0. The van der Waals surface area contributed by atoms with Gasteiger partial charge in [0.15, 0.2) is 0 Å². The van der Waals surface area contributed by atoms with Gasteiger partial charge in [-0.25, -0.2) is 0 Å². The second-order valence-corrected chi connectivity index (χ2v) is 4.23. The summed E-state index contributed by atoms with van der Waals surface area (Å²) in [7, 11) is 0. The lowest BCUT2D eigenvalue weighted by Gasteiger charge is -2.38. The third-order valence-corrected chi connectivity index (χ3v) is 2.97. The quantitative estimate of drug-likeness (QED) is 0.775. The van der Waals surface area contributed by atoms with Gasteiger partial charge in [-0.05, 0) is 18.6 Å². The number of phenolic OH excluding ortho intramolecular Hbond substituents is 1. The van der Waals surface area contributed by atoms with Crippen molar-refractivity contribution in [1.29, 1.82) is 0 Å². The van der Waals surface area contributed by atoms with Crippen molar-refractivity contribution in [2.24, 2.45) is 5.92 Å². The Kier molecular flexibility index (Phi) is 2.83. The molecule has 0 atom stereocenters. The molecule has 0 bridgehead atoms. The van der Waals surface area contributed by atoms with Crippen LogP contribution in [0.4, 0.5) is 0 Å². The van der Waals surface area contributed by atoms with Crippen molar-refractivity contribution in [3.63, 3.8) is 0 Å². The maximum atomic E-state index is 11.9. The fourth-order valence-electron chi connectivity index (χ4n) is 1.85. The molecule has 1 aromatic carbocycles. The van der Waals surface area contributed by atoms with Gasteiger partial charge in [0.1, 0.15) is 5.75 Å². The van der Waals surface area contributed by atoms with Gasteiger partial charge < -0.3 is 15.1 Å². The monoisotopic (exact) mass is 221 g/mol. The summed E-state index contributed by atoms with van der Waals surface area (Å²) in [5, 5.41) is 18.6. The average Bonchev–Trinajstić information content (AvgIpc) is 2.20. The Morgan fingerprint density at radius 2 is 2.19 bits per heavy atom. The van der Waals surface area contributed by atoms with E-state index in [4.69, 9.17) is 5.11 Å². The number of aryl methyl sites for hydroxylation is 1.